The fraction of sp³-hybridized carbons (Fsp3) is 0.588. The molecule has 3 rings (SSSR count). The van der Waals surface area contributed by atoms with Crippen molar-refractivity contribution in [3.8, 4) is 0 Å². The molecule has 1 aromatic rings. The van der Waals surface area contributed by atoms with E-state index in [-0.39, 0.29) is 23.9 Å². The topological polar surface area (TPSA) is 41.6 Å². The zero-order chi connectivity index (χ0) is 14.8. The predicted octanol–water partition coefficient (Wildman–Crippen LogP) is 1.98. The summed E-state index contributed by atoms with van der Waals surface area (Å²) in [5.74, 6) is 0.142. The average Bonchev–Trinajstić information content (AvgIpc) is 3.07. The third-order valence-electron chi connectivity index (χ3n) is 4.50. The van der Waals surface area contributed by atoms with Crippen LogP contribution in [0.4, 0.5) is 5.69 Å². The predicted molar refractivity (Wildman–Crippen MR) is 83.5 cm³/mol. The first-order chi connectivity index (χ1) is 10.2. The summed E-state index contributed by atoms with van der Waals surface area (Å²) in [7, 11) is 0. The summed E-state index contributed by atoms with van der Waals surface area (Å²) in [6.45, 7) is 6.37. The number of amides is 1. The van der Waals surface area contributed by atoms with Gasteiger partial charge in [0.15, 0.2) is 0 Å². The molecule has 1 saturated heterocycles. The van der Waals surface area contributed by atoms with Gasteiger partial charge in [0, 0.05) is 17.8 Å². The smallest absolute Gasteiger partial charge is 0.234 e. The molecule has 0 aromatic heterocycles. The first kappa shape index (κ1) is 14.5. The molecule has 0 bridgehead atoms. The van der Waals surface area contributed by atoms with Gasteiger partial charge in [0.2, 0.25) is 5.91 Å². The largest absolute Gasteiger partial charge is 0.379 e. The molecule has 4 heteroatoms. The monoisotopic (exact) mass is 288 g/mol. The summed E-state index contributed by atoms with van der Waals surface area (Å²) < 4.78 is 5.56. The molecule has 2 heterocycles. The second-order valence-corrected chi connectivity index (χ2v) is 6.09. The normalized spacial score (nSPS) is 27.9. The molecule has 0 aliphatic carbocycles. The Kier molecular flexibility index (Phi) is 4.27. The fourth-order valence-electron chi connectivity index (χ4n) is 3.41. The van der Waals surface area contributed by atoms with Crippen molar-refractivity contribution >= 4 is 11.6 Å². The molecule has 1 aromatic carbocycles. The molecule has 4 nitrogen and oxygen atoms in total. The molecule has 0 saturated carbocycles. The molecule has 3 atom stereocenters. The highest BCUT2D eigenvalue weighted by Crippen LogP contribution is 2.34. The van der Waals surface area contributed by atoms with Gasteiger partial charge >= 0.3 is 0 Å². The van der Waals surface area contributed by atoms with E-state index in [1.807, 2.05) is 17.0 Å². The molecular formula is C17H24N2O2. The molecule has 1 N–H and O–H groups in total. The molecular weight excluding hydrogens is 264 g/mol. The van der Waals surface area contributed by atoms with Gasteiger partial charge in [0.05, 0.1) is 19.1 Å². The highest BCUT2D eigenvalue weighted by molar-refractivity contribution is 5.98. The van der Waals surface area contributed by atoms with E-state index in [2.05, 4.69) is 31.3 Å². The number of hydrogen-bond acceptors (Lipinski definition) is 3. The van der Waals surface area contributed by atoms with Gasteiger partial charge in [-0.2, -0.15) is 0 Å². The van der Waals surface area contributed by atoms with E-state index in [0.717, 1.165) is 25.1 Å². The van der Waals surface area contributed by atoms with Crippen LogP contribution in [0, 0.1) is 5.92 Å². The van der Waals surface area contributed by atoms with Gasteiger partial charge < -0.3 is 15.0 Å². The van der Waals surface area contributed by atoms with E-state index in [9.17, 15) is 4.79 Å². The summed E-state index contributed by atoms with van der Waals surface area (Å²) >= 11 is 0. The maximum atomic E-state index is 13.0. The summed E-state index contributed by atoms with van der Waals surface area (Å²) in [5, 5.41) is 3.45. The van der Waals surface area contributed by atoms with E-state index in [1.54, 1.807) is 0 Å². The van der Waals surface area contributed by atoms with Crippen LogP contribution in [-0.2, 0) is 16.0 Å². The van der Waals surface area contributed by atoms with Crippen LogP contribution in [0.25, 0.3) is 0 Å². The van der Waals surface area contributed by atoms with E-state index < -0.39 is 0 Å². The van der Waals surface area contributed by atoms with Crippen LogP contribution in [0.1, 0.15) is 25.8 Å². The van der Waals surface area contributed by atoms with Gasteiger partial charge in [-0.15, -0.1) is 0 Å². The van der Waals surface area contributed by atoms with Gasteiger partial charge in [-0.05, 0) is 37.9 Å². The Morgan fingerprint density at radius 3 is 3.00 bits per heavy atom. The quantitative estimate of drug-likeness (QED) is 0.921. The van der Waals surface area contributed by atoms with Crippen molar-refractivity contribution in [2.24, 2.45) is 5.92 Å². The highest BCUT2D eigenvalue weighted by Gasteiger charge is 2.40. The summed E-state index contributed by atoms with van der Waals surface area (Å²) in [6, 6.07) is 8.62. The van der Waals surface area contributed by atoms with Crippen molar-refractivity contribution < 1.29 is 9.53 Å². The number of benzene rings is 1. The van der Waals surface area contributed by atoms with Crippen molar-refractivity contribution in [1.82, 2.24) is 5.32 Å². The lowest BCUT2D eigenvalue weighted by molar-refractivity contribution is -0.123. The number of carbonyl (C=O) groups is 1. The first-order valence-corrected chi connectivity index (χ1v) is 7.94. The third kappa shape index (κ3) is 2.70. The number of fused-ring (bicyclic) bond motifs is 1. The zero-order valence-electron chi connectivity index (χ0n) is 12.8. The van der Waals surface area contributed by atoms with Crippen LogP contribution < -0.4 is 10.2 Å². The van der Waals surface area contributed by atoms with Crippen molar-refractivity contribution in [2.45, 2.75) is 38.8 Å². The van der Waals surface area contributed by atoms with Gasteiger partial charge in [-0.1, -0.05) is 25.1 Å². The Morgan fingerprint density at radius 1 is 1.38 bits per heavy atom. The SMILES string of the molecule is CCCNC1COCC1C(=O)N1c2ccccc2CC1C. The van der Waals surface area contributed by atoms with Crippen LogP contribution in [0.5, 0.6) is 0 Å². The van der Waals surface area contributed by atoms with Crippen LogP contribution in [0.2, 0.25) is 0 Å². The average molecular weight is 288 g/mol. The third-order valence-corrected chi connectivity index (χ3v) is 4.50. The van der Waals surface area contributed by atoms with Gasteiger partial charge in [0.1, 0.15) is 0 Å². The zero-order valence-corrected chi connectivity index (χ0v) is 12.8. The fourth-order valence-corrected chi connectivity index (χ4v) is 3.41. The minimum absolute atomic E-state index is 0.0647. The standard InChI is InChI=1S/C17H24N2O2/c1-3-8-18-15-11-21-10-14(15)17(20)19-12(2)9-13-6-4-5-7-16(13)19/h4-7,12,14-15,18H,3,8-11H2,1-2H3. The van der Waals surface area contributed by atoms with Gasteiger partial charge in [0.25, 0.3) is 0 Å². The Labute approximate surface area is 126 Å². The highest BCUT2D eigenvalue weighted by atomic mass is 16.5. The molecule has 114 valence electrons. The molecule has 0 radical (unpaired) electrons. The Morgan fingerprint density at radius 2 is 2.19 bits per heavy atom. The molecule has 3 unspecified atom stereocenters. The number of para-hydroxylation sites is 1. The van der Waals surface area contributed by atoms with E-state index in [4.69, 9.17) is 4.74 Å². The Hall–Kier alpha value is -1.39. The van der Waals surface area contributed by atoms with E-state index >= 15 is 0 Å². The van der Waals surface area contributed by atoms with E-state index in [1.165, 1.54) is 5.56 Å². The number of hydrogen-bond donors (Lipinski definition) is 1. The summed E-state index contributed by atoms with van der Waals surface area (Å²) in [5.41, 5.74) is 2.35. The van der Waals surface area contributed by atoms with E-state index in [0.29, 0.717) is 13.2 Å². The maximum Gasteiger partial charge on any atom is 0.234 e. The van der Waals surface area contributed by atoms with Crippen molar-refractivity contribution in [1.29, 1.82) is 0 Å². The number of anilines is 1. The summed E-state index contributed by atoms with van der Waals surface area (Å²) in [4.78, 5) is 15.0. The van der Waals surface area contributed by atoms with Crippen molar-refractivity contribution in [3.05, 3.63) is 29.8 Å². The van der Waals surface area contributed by atoms with Crippen LogP contribution >= 0.6 is 0 Å². The summed E-state index contributed by atoms with van der Waals surface area (Å²) in [6.07, 6.45) is 2.02. The van der Waals surface area contributed by atoms with Crippen LogP contribution in [0.3, 0.4) is 0 Å². The second-order valence-electron chi connectivity index (χ2n) is 6.09. The lowest BCUT2D eigenvalue weighted by Crippen LogP contribution is -2.47. The number of ether oxygens (including phenoxy) is 1. The molecule has 2 aliphatic rings. The number of carbonyl (C=O) groups excluding carboxylic acids is 1. The molecule has 1 fully saturated rings. The number of rotatable bonds is 4. The Bertz CT molecular complexity index is 517. The van der Waals surface area contributed by atoms with Crippen molar-refractivity contribution in [2.75, 3.05) is 24.7 Å². The number of nitrogens with zero attached hydrogens (tertiary/aromatic N) is 1. The second kappa shape index (κ2) is 6.16. The Balaban J connectivity index is 1.78. The molecule has 0 spiro atoms. The van der Waals surface area contributed by atoms with Gasteiger partial charge in [-0.3, -0.25) is 4.79 Å². The maximum absolute atomic E-state index is 13.0. The lowest BCUT2D eigenvalue weighted by atomic mass is 10.0. The van der Waals surface area contributed by atoms with Crippen molar-refractivity contribution in [3.63, 3.8) is 0 Å². The van der Waals surface area contributed by atoms with Crippen LogP contribution in [0.15, 0.2) is 24.3 Å². The minimum Gasteiger partial charge on any atom is -0.379 e. The van der Waals surface area contributed by atoms with Crippen LogP contribution in [-0.4, -0.2) is 37.7 Å². The van der Waals surface area contributed by atoms with Gasteiger partial charge in [-0.25, -0.2) is 0 Å². The first-order valence-electron chi connectivity index (χ1n) is 7.94. The number of nitrogens with one attached hydrogen (secondary N) is 1. The molecule has 1 amide bonds. The minimum atomic E-state index is -0.0647. The lowest BCUT2D eigenvalue weighted by Gasteiger charge is -2.28. The molecule has 2 aliphatic heterocycles. The molecule has 21 heavy (non-hydrogen) atoms.